The molecule has 0 aliphatic heterocycles. The largest absolute Gasteiger partial charge is 0.378 e. The summed E-state index contributed by atoms with van der Waals surface area (Å²) in [6, 6.07) is 1.91. The molecule has 0 bridgehead atoms. The number of halogens is 2. The van der Waals surface area contributed by atoms with Crippen molar-refractivity contribution in [2.75, 3.05) is 5.32 Å². The second-order valence-electron chi connectivity index (χ2n) is 3.21. The van der Waals surface area contributed by atoms with E-state index in [-0.39, 0.29) is 0 Å². The van der Waals surface area contributed by atoms with Gasteiger partial charge in [0, 0.05) is 15.5 Å². The lowest BCUT2D eigenvalue weighted by Crippen LogP contribution is -2.00. The number of hydrogen-bond donors (Lipinski definition) is 1. The van der Waals surface area contributed by atoms with Crippen LogP contribution in [-0.4, -0.2) is 9.97 Å². The van der Waals surface area contributed by atoms with Crippen molar-refractivity contribution in [2.45, 2.75) is 13.5 Å². The predicted octanol–water partition coefficient (Wildman–Crippen LogP) is 3.87. The lowest BCUT2D eigenvalue weighted by molar-refractivity contribution is 1.11. The maximum atomic E-state index is 5.97. The molecule has 0 atom stereocenters. The highest BCUT2D eigenvalue weighted by Gasteiger charge is 2.04. The molecule has 3 nitrogen and oxygen atoms in total. The van der Waals surface area contributed by atoms with Crippen LogP contribution in [0.4, 0.5) is 5.69 Å². The molecule has 0 amide bonds. The average Bonchev–Trinajstić information content (AvgIpc) is 2.66. The van der Waals surface area contributed by atoms with Crippen LogP contribution < -0.4 is 5.32 Å². The molecule has 1 N–H and O–H groups in total. The van der Waals surface area contributed by atoms with Crippen LogP contribution in [0.25, 0.3) is 0 Å². The van der Waals surface area contributed by atoms with Gasteiger partial charge in [0.05, 0.1) is 23.4 Å². The van der Waals surface area contributed by atoms with Crippen LogP contribution in [0.2, 0.25) is 5.15 Å². The van der Waals surface area contributed by atoms with Gasteiger partial charge >= 0.3 is 0 Å². The van der Waals surface area contributed by atoms with Gasteiger partial charge in [-0.05, 0) is 28.9 Å². The molecule has 0 spiro atoms. The van der Waals surface area contributed by atoms with E-state index < -0.39 is 0 Å². The Hall–Kier alpha value is -0.650. The number of hydrogen-bond acceptors (Lipinski definition) is 4. The summed E-state index contributed by atoms with van der Waals surface area (Å²) in [5, 5.41) is 3.72. The molecule has 2 aromatic rings. The molecule has 16 heavy (non-hydrogen) atoms. The molecule has 0 aliphatic rings. The zero-order valence-corrected chi connectivity index (χ0v) is 11.7. The SMILES string of the molecule is Cc1ncsc1CNc1cc(Br)cnc1Cl. The second kappa shape index (κ2) is 5.12. The Balaban J connectivity index is 2.10. The number of pyridine rings is 1. The fourth-order valence-electron chi connectivity index (χ4n) is 1.22. The molecular formula is C10H9BrClN3S. The first kappa shape index (κ1) is 11.8. The molecule has 2 heterocycles. The third kappa shape index (κ3) is 2.72. The Morgan fingerprint density at radius 3 is 3.00 bits per heavy atom. The first-order valence-corrected chi connectivity index (χ1v) is 6.66. The molecule has 2 rings (SSSR count). The number of anilines is 1. The van der Waals surface area contributed by atoms with E-state index in [4.69, 9.17) is 11.6 Å². The summed E-state index contributed by atoms with van der Waals surface area (Å²) >= 11 is 11.0. The van der Waals surface area contributed by atoms with Crippen LogP contribution in [0.1, 0.15) is 10.6 Å². The Labute approximate surface area is 111 Å². The maximum Gasteiger partial charge on any atom is 0.152 e. The Morgan fingerprint density at radius 1 is 1.50 bits per heavy atom. The molecule has 6 heteroatoms. The van der Waals surface area contributed by atoms with Crippen molar-refractivity contribution in [3.05, 3.63) is 38.0 Å². The van der Waals surface area contributed by atoms with Gasteiger partial charge in [0.1, 0.15) is 0 Å². The zero-order valence-electron chi connectivity index (χ0n) is 8.50. The predicted molar refractivity (Wildman–Crippen MR) is 71.1 cm³/mol. The first-order chi connectivity index (χ1) is 7.66. The van der Waals surface area contributed by atoms with E-state index in [1.807, 2.05) is 18.5 Å². The molecule has 0 saturated carbocycles. The standard InChI is InChI=1S/C10H9BrClN3S/c1-6-9(16-5-15-6)4-13-8-2-7(11)3-14-10(8)12/h2-3,5,13H,4H2,1H3. The van der Waals surface area contributed by atoms with Crippen LogP contribution in [-0.2, 0) is 6.54 Å². The Kier molecular flexibility index (Phi) is 3.78. The van der Waals surface area contributed by atoms with Gasteiger partial charge in [-0.1, -0.05) is 11.6 Å². The van der Waals surface area contributed by atoms with Gasteiger partial charge in [-0.2, -0.15) is 0 Å². The highest BCUT2D eigenvalue weighted by molar-refractivity contribution is 9.10. The van der Waals surface area contributed by atoms with Crippen molar-refractivity contribution in [1.29, 1.82) is 0 Å². The third-order valence-electron chi connectivity index (χ3n) is 2.09. The fourth-order valence-corrected chi connectivity index (χ4v) is 2.44. The average molecular weight is 319 g/mol. The van der Waals surface area contributed by atoms with Gasteiger partial charge in [-0.25, -0.2) is 9.97 Å². The highest BCUT2D eigenvalue weighted by atomic mass is 79.9. The first-order valence-electron chi connectivity index (χ1n) is 4.60. The molecule has 84 valence electrons. The number of aryl methyl sites for hydroxylation is 1. The summed E-state index contributed by atoms with van der Waals surface area (Å²) in [5.74, 6) is 0. The van der Waals surface area contributed by atoms with Crippen molar-refractivity contribution >= 4 is 44.6 Å². The van der Waals surface area contributed by atoms with Crippen LogP contribution in [0.3, 0.4) is 0 Å². The number of nitrogens with one attached hydrogen (secondary N) is 1. The van der Waals surface area contributed by atoms with Gasteiger partial charge in [0.25, 0.3) is 0 Å². The minimum absolute atomic E-state index is 0.477. The summed E-state index contributed by atoms with van der Waals surface area (Å²) in [7, 11) is 0. The lowest BCUT2D eigenvalue weighted by atomic mass is 10.3. The lowest BCUT2D eigenvalue weighted by Gasteiger charge is -2.07. The Morgan fingerprint density at radius 2 is 2.31 bits per heavy atom. The Bertz CT molecular complexity index is 501. The number of thiazole rings is 1. The molecule has 2 aromatic heterocycles. The van der Waals surface area contributed by atoms with E-state index in [1.54, 1.807) is 17.5 Å². The summed E-state index contributed by atoms with van der Waals surface area (Å²) in [6.07, 6.45) is 1.67. The minimum atomic E-state index is 0.477. The number of nitrogens with zero attached hydrogens (tertiary/aromatic N) is 2. The van der Waals surface area contributed by atoms with Gasteiger partial charge in [0.2, 0.25) is 0 Å². The van der Waals surface area contributed by atoms with Crippen LogP contribution >= 0.6 is 38.9 Å². The summed E-state index contributed by atoms with van der Waals surface area (Å²) < 4.78 is 0.903. The van der Waals surface area contributed by atoms with Gasteiger partial charge in [-0.3, -0.25) is 0 Å². The molecule has 0 aliphatic carbocycles. The zero-order chi connectivity index (χ0) is 11.5. The third-order valence-corrected chi connectivity index (χ3v) is 3.76. The van der Waals surface area contributed by atoms with E-state index >= 15 is 0 Å². The molecule has 0 unspecified atom stereocenters. The number of rotatable bonds is 3. The fraction of sp³-hybridized carbons (Fsp3) is 0.200. The molecule has 0 fully saturated rings. The van der Waals surface area contributed by atoms with Crippen LogP contribution in [0.15, 0.2) is 22.2 Å². The molecular weight excluding hydrogens is 310 g/mol. The van der Waals surface area contributed by atoms with E-state index in [1.165, 1.54) is 4.88 Å². The maximum absolute atomic E-state index is 5.97. The van der Waals surface area contributed by atoms with E-state index in [0.29, 0.717) is 11.7 Å². The highest BCUT2D eigenvalue weighted by Crippen LogP contribution is 2.24. The van der Waals surface area contributed by atoms with Crippen molar-refractivity contribution in [3.63, 3.8) is 0 Å². The van der Waals surface area contributed by atoms with Crippen LogP contribution in [0.5, 0.6) is 0 Å². The van der Waals surface area contributed by atoms with Gasteiger partial charge in [0.15, 0.2) is 5.15 Å². The van der Waals surface area contributed by atoms with Crippen molar-refractivity contribution in [1.82, 2.24) is 9.97 Å². The van der Waals surface area contributed by atoms with E-state index in [2.05, 4.69) is 31.2 Å². The van der Waals surface area contributed by atoms with Crippen molar-refractivity contribution < 1.29 is 0 Å². The molecule has 0 radical (unpaired) electrons. The minimum Gasteiger partial charge on any atom is -0.378 e. The smallest absolute Gasteiger partial charge is 0.152 e. The summed E-state index contributed by atoms with van der Waals surface area (Å²) in [6.45, 7) is 2.71. The monoisotopic (exact) mass is 317 g/mol. The van der Waals surface area contributed by atoms with Crippen LogP contribution in [0, 0.1) is 6.92 Å². The molecule has 0 aromatic carbocycles. The second-order valence-corrected chi connectivity index (χ2v) is 5.42. The van der Waals surface area contributed by atoms with Gasteiger partial charge in [-0.15, -0.1) is 11.3 Å². The molecule has 0 saturated heterocycles. The normalized spacial score (nSPS) is 10.4. The number of aromatic nitrogens is 2. The van der Waals surface area contributed by atoms with Crippen molar-refractivity contribution in [3.8, 4) is 0 Å². The topological polar surface area (TPSA) is 37.8 Å². The van der Waals surface area contributed by atoms with E-state index in [9.17, 15) is 0 Å². The quantitative estimate of drug-likeness (QED) is 0.873. The van der Waals surface area contributed by atoms with Gasteiger partial charge < -0.3 is 5.32 Å². The summed E-state index contributed by atoms with van der Waals surface area (Å²) in [4.78, 5) is 9.44. The summed E-state index contributed by atoms with van der Waals surface area (Å²) in [5.41, 5.74) is 3.72. The van der Waals surface area contributed by atoms with Crippen molar-refractivity contribution in [2.24, 2.45) is 0 Å². The van der Waals surface area contributed by atoms with E-state index in [0.717, 1.165) is 15.9 Å².